The normalized spacial score (nSPS) is 18.6. The van der Waals surface area contributed by atoms with Gasteiger partial charge in [0.1, 0.15) is 30.5 Å². The maximum absolute atomic E-state index is 11.6. The molecule has 2 aromatic rings. The maximum Gasteiger partial charge on any atom is 0.147 e. The zero-order valence-electron chi connectivity index (χ0n) is 22.1. The van der Waals surface area contributed by atoms with Crippen LogP contribution in [0.4, 0.5) is 5.69 Å². The number of rotatable bonds is 9. The SMILES string of the molecule is C=C/C=C(\C=NC)C(C=O)N(C)c1ccc(C(C)(C)C)cc1.O=CC1CC(Oc2ccccc2)CN1. The van der Waals surface area contributed by atoms with Crippen LogP contribution in [0.1, 0.15) is 32.8 Å². The molecule has 0 amide bonds. The fourth-order valence-electron chi connectivity index (χ4n) is 3.87. The molecular weight excluding hydrogens is 450 g/mol. The first-order valence-corrected chi connectivity index (χ1v) is 12.2. The lowest BCUT2D eigenvalue weighted by Crippen LogP contribution is -2.35. The van der Waals surface area contributed by atoms with Crippen LogP contribution in [-0.2, 0) is 15.0 Å². The topological polar surface area (TPSA) is 71.0 Å². The molecule has 0 aliphatic carbocycles. The zero-order chi connectivity index (χ0) is 26.6. The number of benzene rings is 2. The predicted octanol–water partition coefficient (Wildman–Crippen LogP) is 4.80. The molecule has 192 valence electrons. The fourth-order valence-corrected chi connectivity index (χ4v) is 3.87. The number of carbonyl (C=O) groups excluding carboxylic acids is 2. The molecule has 0 saturated carbocycles. The number of anilines is 1. The van der Waals surface area contributed by atoms with Gasteiger partial charge in [0.05, 0.1) is 6.04 Å². The Balaban J connectivity index is 0.000000278. The molecule has 1 aliphatic rings. The Kier molecular flexibility index (Phi) is 11.3. The molecule has 0 spiro atoms. The highest BCUT2D eigenvalue weighted by Gasteiger charge is 2.24. The highest BCUT2D eigenvalue weighted by atomic mass is 16.5. The van der Waals surface area contributed by atoms with Crippen LogP contribution in [-0.4, -0.2) is 57.6 Å². The summed E-state index contributed by atoms with van der Waals surface area (Å²) < 4.78 is 5.69. The van der Waals surface area contributed by atoms with Crippen molar-refractivity contribution in [1.82, 2.24) is 5.32 Å². The van der Waals surface area contributed by atoms with Crippen LogP contribution in [0.25, 0.3) is 0 Å². The number of hydrogen-bond donors (Lipinski definition) is 1. The number of carbonyl (C=O) groups is 2. The first-order chi connectivity index (χ1) is 17.2. The summed E-state index contributed by atoms with van der Waals surface area (Å²) in [6.45, 7) is 11.0. The van der Waals surface area contributed by atoms with E-state index >= 15 is 0 Å². The third-order valence-electron chi connectivity index (χ3n) is 5.95. The van der Waals surface area contributed by atoms with Crippen LogP contribution in [0, 0.1) is 0 Å². The van der Waals surface area contributed by atoms with Gasteiger partial charge in [-0.1, -0.05) is 69.8 Å². The van der Waals surface area contributed by atoms with E-state index in [0.29, 0.717) is 0 Å². The van der Waals surface area contributed by atoms with E-state index in [1.54, 1.807) is 19.3 Å². The molecule has 0 bridgehead atoms. The molecule has 2 aromatic carbocycles. The van der Waals surface area contributed by atoms with E-state index in [-0.39, 0.29) is 23.6 Å². The number of ether oxygens (including phenoxy) is 1. The Hall–Kier alpha value is -3.51. The minimum atomic E-state index is -0.387. The van der Waals surface area contributed by atoms with Crippen molar-refractivity contribution >= 4 is 24.5 Å². The molecule has 1 fully saturated rings. The monoisotopic (exact) mass is 489 g/mol. The summed E-state index contributed by atoms with van der Waals surface area (Å²) in [6.07, 6.45) is 7.92. The molecule has 3 rings (SSSR count). The third kappa shape index (κ3) is 8.61. The van der Waals surface area contributed by atoms with Crippen LogP contribution in [0.15, 0.2) is 83.9 Å². The van der Waals surface area contributed by atoms with Crippen molar-refractivity contribution in [3.8, 4) is 5.75 Å². The van der Waals surface area contributed by atoms with Gasteiger partial charge >= 0.3 is 0 Å². The van der Waals surface area contributed by atoms with Crippen molar-refractivity contribution in [2.75, 3.05) is 25.5 Å². The van der Waals surface area contributed by atoms with Gasteiger partial charge in [0, 0.05) is 39.0 Å². The molecule has 1 N–H and O–H groups in total. The molecule has 6 heteroatoms. The minimum Gasteiger partial charge on any atom is -0.489 e. The molecule has 1 saturated heterocycles. The summed E-state index contributed by atoms with van der Waals surface area (Å²) in [7, 11) is 3.60. The maximum atomic E-state index is 11.6. The van der Waals surface area contributed by atoms with Gasteiger partial charge in [-0.25, -0.2) is 0 Å². The smallest absolute Gasteiger partial charge is 0.147 e. The number of nitrogens with zero attached hydrogens (tertiary/aromatic N) is 2. The van der Waals surface area contributed by atoms with Crippen molar-refractivity contribution < 1.29 is 14.3 Å². The van der Waals surface area contributed by atoms with Crippen LogP contribution in [0.3, 0.4) is 0 Å². The van der Waals surface area contributed by atoms with Gasteiger partial charge in [-0.2, -0.15) is 0 Å². The van der Waals surface area contributed by atoms with E-state index in [4.69, 9.17) is 4.74 Å². The molecule has 3 unspecified atom stereocenters. The zero-order valence-corrected chi connectivity index (χ0v) is 22.1. The molecule has 0 aromatic heterocycles. The Bertz CT molecular complexity index is 1020. The summed E-state index contributed by atoms with van der Waals surface area (Å²) in [5.41, 5.74) is 3.19. The van der Waals surface area contributed by atoms with Gasteiger partial charge in [-0.05, 0) is 40.8 Å². The number of hydrogen-bond acceptors (Lipinski definition) is 6. The van der Waals surface area contributed by atoms with Crippen molar-refractivity contribution in [3.05, 3.63) is 84.5 Å². The number of aliphatic imine (C=N–C) groups is 1. The van der Waals surface area contributed by atoms with Gasteiger partial charge < -0.3 is 24.5 Å². The van der Waals surface area contributed by atoms with E-state index < -0.39 is 0 Å². The van der Waals surface area contributed by atoms with E-state index in [1.165, 1.54) is 5.56 Å². The van der Waals surface area contributed by atoms with Crippen LogP contribution in [0.5, 0.6) is 5.75 Å². The number of allylic oxidation sites excluding steroid dienone is 2. The first-order valence-electron chi connectivity index (χ1n) is 12.2. The number of nitrogens with one attached hydrogen (secondary N) is 1. The second kappa shape index (κ2) is 14.1. The van der Waals surface area contributed by atoms with E-state index in [1.807, 2.05) is 60.5 Å². The summed E-state index contributed by atoms with van der Waals surface area (Å²) >= 11 is 0. The molecule has 1 heterocycles. The Morgan fingerprint density at radius 2 is 1.81 bits per heavy atom. The minimum absolute atomic E-state index is 0.0382. The number of likely N-dealkylation sites (N-methyl/N-ethyl adjacent to an activating group) is 1. The number of para-hydroxylation sites is 1. The quantitative estimate of drug-likeness (QED) is 0.311. The highest BCUT2D eigenvalue weighted by Crippen LogP contribution is 2.26. The Morgan fingerprint density at radius 1 is 1.14 bits per heavy atom. The fraction of sp³-hybridized carbons (Fsp3) is 0.367. The third-order valence-corrected chi connectivity index (χ3v) is 5.95. The van der Waals surface area contributed by atoms with Crippen LogP contribution < -0.4 is 15.0 Å². The standard InChI is InChI=1S/C19H26N2O.C11H13NO2/c1-7-8-15(13-20-5)18(14-22)21(6)17-11-9-16(10-12-17)19(2,3)4;13-8-9-6-11(7-12-9)14-10-4-2-1-3-5-10/h7-14,18H,1H2,2-6H3;1-5,8-9,11-12H,6-7H2/b15-8+,20-13?;. The lowest BCUT2D eigenvalue weighted by atomic mass is 9.87. The first kappa shape index (κ1) is 28.7. The average Bonchev–Trinajstić information content (AvgIpc) is 3.33. The molecular formula is C30H39N3O3. The van der Waals surface area contributed by atoms with E-state index in [9.17, 15) is 9.59 Å². The van der Waals surface area contributed by atoms with Crippen molar-refractivity contribution in [3.63, 3.8) is 0 Å². The molecule has 36 heavy (non-hydrogen) atoms. The summed E-state index contributed by atoms with van der Waals surface area (Å²) in [5, 5.41) is 3.08. The lowest BCUT2D eigenvalue weighted by Gasteiger charge is -2.27. The summed E-state index contributed by atoms with van der Waals surface area (Å²) in [6, 6.07) is 17.6. The summed E-state index contributed by atoms with van der Waals surface area (Å²) in [5.74, 6) is 0.867. The van der Waals surface area contributed by atoms with Gasteiger partial charge in [0.2, 0.25) is 0 Å². The second-order valence-corrected chi connectivity index (χ2v) is 9.72. The van der Waals surface area contributed by atoms with Crippen molar-refractivity contribution in [1.29, 1.82) is 0 Å². The highest BCUT2D eigenvalue weighted by molar-refractivity contribution is 5.89. The molecule has 6 nitrogen and oxygen atoms in total. The largest absolute Gasteiger partial charge is 0.489 e. The Labute approximate surface area is 215 Å². The van der Waals surface area contributed by atoms with Gasteiger partial charge in [-0.15, -0.1) is 0 Å². The van der Waals surface area contributed by atoms with Gasteiger partial charge in [0.25, 0.3) is 0 Å². The second-order valence-electron chi connectivity index (χ2n) is 9.72. The lowest BCUT2D eigenvalue weighted by molar-refractivity contribution is -0.109. The van der Waals surface area contributed by atoms with Gasteiger partial charge in [0.15, 0.2) is 0 Å². The average molecular weight is 490 g/mol. The Morgan fingerprint density at radius 3 is 2.31 bits per heavy atom. The van der Waals surface area contributed by atoms with Crippen LogP contribution in [0.2, 0.25) is 0 Å². The van der Waals surface area contributed by atoms with Crippen LogP contribution >= 0.6 is 0 Å². The van der Waals surface area contributed by atoms with E-state index in [2.05, 4.69) is 49.8 Å². The molecule has 3 atom stereocenters. The van der Waals surface area contributed by atoms with E-state index in [0.717, 1.165) is 42.5 Å². The van der Waals surface area contributed by atoms with Gasteiger partial charge in [-0.3, -0.25) is 4.99 Å². The molecule has 1 aliphatic heterocycles. The van der Waals surface area contributed by atoms with Crippen molar-refractivity contribution in [2.24, 2.45) is 4.99 Å². The number of aldehydes is 2. The predicted molar refractivity (Wildman–Crippen MR) is 149 cm³/mol. The summed E-state index contributed by atoms with van der Waals surface area (Å²) in [4.78, 5) is 28.0. The van der Waals surface area contributed by atoms with Crippen molar-refractivity contribution in [2.45, 2.75) is 50.8 Å². The molecule has 0 radical (unpaired) electrons.